The first-order chi connectivity index (χ1) is 12.7. The molecule has 6 heteroatoms. The van der Waals surface area contributed by atoms with Gasteiger partial charge in [0.25, 0.3) is 0 Å². The molecule has 144 valence electrons. The largest absolute Gasteiger partial charge is 0.494 e. The van der Waals surface area contributed by atoms with Gasteiger partial charge in [-0.25, -0.2) is 0 Å². The Morgan fingerprint density at radius 2 is 1.96 bits per heavy atom. The van der Waals surface area contributed by atoms with Crippen LogP contribution in [0.4, 0.5) is 0 Å². The van der Waals surface area contributed by atoms with Crippen LogP contribution in [-0.2, 0) is 16.1 Å². The fourth-order valence-electron chi connectivity index (χ4n) is 3.40. The number of carbonyl (C=O) groups is 1. The van der Waals surface area contributed by atoms with Crippen molar-refractivity contribution in [2.24, 2.45) is 0 Å². The number of benzene rings is 1. The number of likely N-dealkylation sites (tertiary alicyclic amines) is 1. The van der Waals surface area contributed by atoms with E-state index in [1.54, 1.807) is 0 Å². The number of carbonyl (C=O) groups excluding carboxylic acids is 1. The summed E-state index contributed by atoms with van der Waals surface area (Å²) < 4.78 is 11.0. The minimum Gasteiger partial charge on any atom is -0.494 e. The highest BCUT2D eigenvalue weighted by Crippen LogP contribution is 2.15. The highest BCUT2D eigenvalue weighted by molar-refractivity contribution is 5.79. The van der Waals surface area contributed by atoms with Crippen molar-refractivity contribution < 1.29 is 14.3 Å². The molecule has 6 nitrogen and oxygen atoms in total. The van der Waals surface area contributed by atoms with Gasteiger partial charge in [0, 0.05) is 51.7 Å². The van der Waals surface area contributed by atoms with Crippen LogP contribution in [0.25, 0.3) is 0 Å². The summed E-state index contributed by atoms with van der Waals surface area (Å²) in [7, 11) is 0. The van der Waals surface area contributed by atoms with E-state index in [-0.39, 0.29) is 11.9 Å². The number of hydrogen-bond acceptors (Lipinski definition) is 5. The average molecular weight is 361 g/mol. The summed E-state index contributed by atoms with van der Waals surface area (Å²) >= 11 is 0. The molecule has 2 saturated heterocycles. The normalized spacial score (nSPS) is 21.3. The highest BCUT2D eigenvalue weighted by atomic mass is 16.5. The molecule has 0 unspecified atom stereocenters. The van der Waals surface area contributed by atoms with Gasteiger partial charge in [-0.1, -0.05) is 19.1 Å². The van der Waals surface area contributed by atoms with E-state index in [0.29, 0.717) is 6.42 Å². The predicted octanol–water partition coefficient (Wildman–Crippen LogP) is 1.50. The minimum atomic E-state index is 0.239. The maximum absolute atomic E-state index is 12.2. The summed E-state index contributed by atoms with van der Waals surface area (Å²) in [4.78, 5) is 16.6. The van der Waals surface area contributed by atoms with Crippen molar-refractivity contribution in [1.82, 2.24) is 15.1 Å². The van der Waals surface area contributed by atoms with E-state index in [0.717, 1.165) is 71.3 Å². The van der Waals surface area contributed by atoms with Gasteiger partial charge in [-0.2, -0.15) is 0 Å². The molecule has 1 aromatic rings. The topological polar surface area (TPSA) is 54.0 Å². The van der Waals surface area contributed by atoms with Crippen LogP contribution in [0, 0.1) is 0 Å². The molecule has 2 fully saturated rings. The zero-order valence-corrected chi connectivity index (χ0v) is 15.8. The smallest absolute Gasteiger partial charge is 0.224 e. The third-order valence-corrected chi connectivity index (χ3v) is 5.00. The first-order valence-corrected chi connectivity index (χ1v) is 9.77. The van der Waals surface area contributed by atoms with Crippen LogP contribution in [-0.4, -0.2) is 74.3 Å². The van der Waals surface area contributed by atoms with Crippen molar-refractivity contribution in [2.45, 2.75) is 32.4 Å². The van der Waals surface area contributed by atoms with Gasteiger partial charge in [0.1, 0.15) is 5.75 Å². The van der Waals surface area contributed by atoms with Crippen LogP contribution in [0.3, 0.4) is 0 Å². The quantitative estimate of drug-likeness (QED) is 0.722. The Morgan fingerprint density at radius 1 is 1.19 bits per heavy atom. The second-order valence-corrected chi connectivity index (χ2v) is 7.07. The van der Waals surface area contributed by atoms with E-state index < -0.39 is 0 Å². The van der Waals surface area contributed by atoms with Crippen LogP contribution in [0.5, 0.6) is 5.75 Å². The summed E-state index contributed by atoms with van der Waals surface area (Å²) in [6.07, 6.45) is 1.61. The molecule has 0 aromatic heterocycles. The van der Waals surface area contributed by atoms with Crippen LogP contribution in [0.15, 0.2) is 24.3 Å². The van der Waals surface area contributed by atoms with Crippen molar-refractivity contribution >= 4 is 5.91 Å². The summed E-state index contributed by atoms with van der Waals surface area (Å²) in [6, 6.07) is 8.45. The number of amides is 1. The monoisotopic (exact) mass is 361 g/mol. The summed E-state index contributed by atoms with van der Waals surface area (Å²) in [5, 5.41) is 3.52. The van der Waals surface area contributed by atoms with Gasteiger partial charge < -0.3 is 19.7 Å². The molecule has 0 bridgehead atoms. The molecule has 0 saturated carbocycles. The Balaban J connectivity index is 1.38. The minimum absolute atomic E-state index is 0.239. The van der Waals surface area contributed by atoms with Crippen LogP contribution in [0.2, 0.25) is 0 Å². The Labute approximate surface area is 156 Å². The molecule has 3 rings (SSSR count). The van der Waals surface area contributed by atoms with E-state index in [1.807, 2.05) is 17.0 Å². The Bertz CT molecular complexity index is 558. The van der Waals surface area contributed by atoms with E-state index >= 15 is 0 Å². The van der Waals surface area contributed by atoms with Gasteiger partial charge in [-0.15, -0.1) is 0 Å². The third kappa shape index (κ3) is 5.69. The van der Waals surface area contributed by atoms with Gasteiger partial charge in [0.2, 0.25) is 5.91 Å². The zero-order chi connectivity index (χ0) is 18.2. The lowest BCUT2D eigenvalue weighted by molar-refractivity contribution is -0.128. The molecule has 1 aromatic carbocycles. The van der Waals surface area contributed by atoms with Crippen molar-refractivity contribution in [3.05, 3.63) is 29.8 Å². The summed E-state index contributed by atoms with van der Waals surface area (Å²) in [5.41, 5.74) is 1.22. The average Bonchev–Trinajstić information content (AvgIpc) is 3.04. The molecule has 0 radical (unpaired) electrons. The first kappa shape index (κ1) is 19.1. The molecular weight excluding hydrogens is 330 g/mol. The molecule has 26 heavy (non-hydrogen) atoms. The second kappa shape index (κ2) is 9.90. The Hall–Kier alpha value is -1.63. The molecule has 0 spiro atoms. The molecule has 1 N–H and O–H groups in total. The Kier molecular flexibility index (Phi) is 7.29. The van der Waals surface area contributed by atoms with Gasteiger partial charge in [0.05, 0.1) is 19.8 Å². The maximum atomic E-state index is 12.2. The number of ether oxygens (including phenoxy) is 2. The molecule has 0 aliphatic carbocycles. The highest BCUT2D eigenvalue weighted by Gasteiger charge is 2.29. The lowest BCUT2D eigenvalue weighted by Crippen LogP contribution is -2.42. The fourth-order valence-corrected chi connectivity index (χ4v) is 3.40. The van der Waals surface area contributed by atoms with Crippen LogP contribution >= 0.6 is 0 Å². The maximum Gasteiger partial charge on any atom is 0.224 e. The van der Waals surface area contributed by atoms with E-state index in [4.69, 9.17) is 9.47 Å². The SMILES string of the molecule is CCCOc1ccc(CN[C@H]2CC(=O)N(CCN3CCOCC3)C2)cc1. The molecule has 1 amide bonds. The van der Waals surface area contributed by atoms with Crippen molar-refractivity contribution in [2.75, 3.05) is 52.5 Å². The predicted molar refractivity (Wildman–Crippen MR) is 101 cm³/mol. The lowest BCUT2D eigenvalue weighted by Gasteiger charge is -2.28. The van der Waals surface area contributed by atoms with Gasteiger partial charge in [-0.05, 0) is 24.1 Å². The first-order valence-electron chi connectivity index (χ1n) is 9.77. The fraction of sp³-hybridized carbons (Fsp3) is 0.650. The molecule has 2 heterocycles. The third-order valence-electron chi connectivity index (χ3n) is 5.00. The summed E-state index contributed by atoms with van der Waals surface area (Å²) in [6.45, 7) is 9.77. The second-order valence-electron chi connectivity index (χ2n) is 7.07. The van der Waals surface area contributed by atoms with Gasteiger partial charge >= 0.3 is 0 Å². The standard InChI is InChI=1S/C20H31N3O3/c1-2-11-26-19-5-3-17(4-6-19)15-21-18-14-20(24)23(16-18)8-7-22-9-12-25-13-10-22/h3-6,18,21H,2,7-16H2,1H3/t18-/m0/s1. The van der Waals surface area contributed by atoms with E-state index in [9.17, 15) is 4.79 Å². The number of nitrogens with one attached hydrogen (secondary N) is 1. The number of hydrogen-bond donors (Lipinski definition) is 1. The lowest BCUT2D eigenvalue weighted by atomic mass is 10.2. The molecule has 2 aliphatic rings. The van der Waals surface area contributed by atoms with Crippen molar-refractivity contribution in [3.8, 4) is 5.75 Å². The number of morpholine rings is 1. The van der Waals surface area contributed by atoms with E-state index in [2.05, 4.69) is 29.3 Å². The number of rotatable bonds is 9. The van der Waals surface area contributed by atoms with Crippen molar-refractivity contribution in [3.63, 3.8) is 0 Å². The molecular formula is C20H31N3O3. The van der Waals surface area contributed by atoms with E-state index in [1.165, 1.54) is 5.56 Å². The van der Waals surface area contributed by atoms with Gasteiger partial charge in [-0.3, -0.25) is 9.69 Å². The van der Waals surface area contributed by atoms with Crippen LogP contribution in [0.1, 0.15) is 25.3 Å². The molecule has 2 aliphatic heterocycles. The van der Waals surface area contributed by atoms with Crippen LogP contribution < -0.4 is 10.1 Å². The Morgan fingerprint density at radius 3 is 2.69 bits per heavy atom. The van der Waals surface area contributed by atoms with Gasteiger partial charge in [0.15, 0.2) is 0 Å². The zero-order valence-electron chi connectivity index (χ0n) is 15.8. The molecule has 1 atom stereocenters. The summed E-state index contributed by atoms with van der Waals surface area (Å²) in [5.74, 6) is 1.18. The van der Waals surface area contributed by atoms with Crippen molar-refractivity contribution in [1.29, 1.82) is 0 Å². The number of nitrogens with zero attached hydrogens (tertiary/aromatic N) is 2.